The van der Waals surface area contributed by atoms with E-state index in [2.05, 4.69) is 24.4 Å². The minimum absolute atomic E-state index is 0.0138. The van der Waals surface area contributed by atoms with Crippen LogP contribution in [0.3, 0.4) is 0 Å². The summed E-state index contributed by atoms with van der Waals surface area (Å²) in [5.41, 5.74) is 2.24. The van der Waals surface area contributed by atoms with Crippen molar-refractivity contribution in [2.45, 2.75) is 19.8 Å². The zero-order chi connectivity index (χ0) is 16.5. The highest BCUT2D eigenvalue weighted by Gasteiger charge is 2.03. The molecule has 2 aromatic rings. The summed E-state index contributed by atoms with van der Waals surface area (Å²) in [5.74, 6) is 1.60. The molecule has 0 aromatic heterocycles. The molecule has 4 nitrogen and oxygen atoms in total. The van der Waals surface area contributed by atoms with Gasteiger partial charge in [-0.1, -0.05) is 31.2 Å². The second-order valence-corrected chi connectivity index (χ2v) is 5.22. The van der Waals surface area contributed by atoms with Crippen LogP contribution >= 0.6 is 0 Å². The smallest absolute Gasteiger partial charge is 0.224 e. The van der Waals surface area contributed by atoms with Crippen LogP contribution in [0.5, 0.6) is 11.5 Å². The van der Waals surface area contributed by atoms with Gasteiger partial charge in [-0.3, -0.25) is 4.79 Å². The van der Waals surface area contributed by atoms with E-state index in [1.54, 1.807) is 7.11 Å². The molecule has 4 heteroatoms. The molecule has 0 radical (unpaired) electrons. The molecule has 0 saturated heterocycles. The van der Waals surface area contributed by atoms with Gasteiger partial charge in [0, 0.05) is 0 Å². The van der Waals surface area contributed by atoms with Gasteiger partial charge >= 0.3 is 0 Å². The van der Waals surface area contributed by atoms with Crippen LogP contribution in [0.15, 0.2) is 48.5 Å². The molecule has 0 spiro atoms. The molecule has 1 N–H and O–H groups in total. The summed E-state index contributed by atoms with van der Waals surface area (Å²) in [5, 5.41) is 2.86. The molecule has 23 heavy (non-hydrogen) atoms. The van der Waals surface area contributed by atoms with E-state index < -0.39 is 0 Å². The number of aryl methyl sites for hydroxylation is 1. The molecule has 0 fully saturated rings. The average molecular weight is 313 g/mol. The molecule has 0 saturated carbocycles. The third-order valence-corrected chi connectivity index (χ3v) is 3.55. The van der Waals surface area contributed by atoms with Crippen LogP contribution in [0, 0.1) is 0 Å². The number of nitrogens with one attached hydrogen (secondary N) is 1. The number of hydrogen-bond donors (Lipinski definition) is 1. The third kappa shape index (κ3) is 5.66. The van der Waals surface area contributed by atoms with Gasteiger partial charge in [-0.25, -0.2) is 0 Å². The largest absolute Gasteiger partial charge is 0.497 e. The molecule has 1 amide bonds. The van der Waals surface area contributed by atoms with Crippen LogP contribution in [-0.2, 0) is 17.6 Å². The highest BCUT2D eigenvalue weighted by atomic mass is 16.5. The van der Waals surface area contributed by atoms with E-state index in [0.717, 1.165) is 23.5 Å². The molecule has 0 aliphatic carbocycles. The van der Waals surface area contributed by atoms with Crippen LogP contribution in [0.1, 0.15) is 18.1 Å². The Balaban J connectivity index is 1.67. The maximum absolute atomic E-state index is 11.9. The molecule has 0 atom stereocenters. The Labute approximate surface area is 137 Å². The number of amides is 1. The maximum Gasteiger partial charge on any atom is 0.224 e. The van der Waals surface area contributed by atoms with Crippen LogP contribution < -0.4 is 14.8 Å². The van der Waals surface area contributed by atoms with Gasteiger partial charge in [0.15, 0.2) is 0 Å². The second kappa shape index (κ2) is 8.83. The van der Waals surface area contributed by atoms with Crippen LogP contribution in [0.25, 0.3) is 0 Å². The maximum atomic E-state index is 11.9. The van der Waals surface area contributed by atoms with E-state index in [1.165, 1.54) is 5.56 Å². The fourth-order valence-corrected chi connectivity index (χ4v) is 2.17. The number of carbonyl (C=O) groups excluding carboxylic acids is 1. The molecular formula is C19H23NO3. The SMILES string of the molecule is CCc1ccc(OCCNC(=O)Cc2ccc(OC)cc2)cc1. The highest BCUT2D eigenvalue weighted by Crippen LogP contribution is 2.12. The van der Waals surface area contributed by atoms with Crippen LogP contribution in [0.2, 0.25) is 0 Å². The first-order valence-electron chi connectivity index (χ1n) is 7.82. The summed E-state index contributed by atoms with van der Waals surface area (Å²) in [6, 6.07) is 15.5. The van der Waals surface area contributed by atoms with Crippen LogP contribution in [-0.4, -0.2) is 26.2 Å². The lowest BCUT2D eigenvalue weighted by Crippen LogP contribution is -2.29. The fraction of sp³-hybridized carbons (Fsp3) is 0.316. The van der Waals surface area contributed by atoms with Gasteiger partial charge in [0.25, 0.3) is 0 Å². The second-order valence-electron chi connectivity index (χ2n) is 5.22. The average Bonchev–Trinajstić information content (AvgIpc) is 2.60. The molecule has 0 unspecified atom stereocenters. The molecular weight excluding hydrogens is 290 g/mol. The Morgan fingerprint density at radius 1 is 0.957 bits per heavy atom. The quantitative estimate of drug-likeness (QED) is 0.762. The first-order valence-corrected chi connectivity index (χ1v) is 7.82. The molecule has 0 aliphatic rings. The monoisotopic (exact) mass is 313 g/mol. The van der Waals surface area contributed by atoms with Gasteiger partial charge in [0.1, 0.15) is 18.1 Å². The third-order valence-electron chi connectivity index (χ3n) is 3.55. The predicted octanol–water partition coefficient (Wildman–Crippen LogP) is 3.00. The molecule has 0 bridgehead atoms. The van der Waals surface area contributed by atoms with E-state index >= 15 is 0 Å². The summed E-state index contributed by atoms with van der Waals surface area (Å²) in [7, 11) is 1.62. The Bertz CT molecular complexity index is 606. The van der Waals surface area contributed by atoms with E-state index in [0.29, 0.717) is 19.6 Å². The molecule has 2 rings (SSSR count). The Morgan fingerprint density at radius 3 is 2.17 bits per heavy atom. The number of hydrogen-bond acceptors (Lipinski definition) is 3. The standard InChI is InChI=1S/C19H23NO3/c1-3-15-4-10-18(11-5-15)23-13-12-20-19(21)14-16-6-8-17(22-2)9-7-16/h4-11H,3,12-14H2,1-2H3,(H,20,21). The van der Waals surface area contributed by atoms with Crippen molar-refractivity contribution in [1.29, 1.82) is 0 Å². The predicted molar refractivity (Wildman–Crippen MR) is 91.0 cm³/mol. The topological polar surface area (TPSA) is 47.6 Å². The molecule has 0 aliphatic heterocycles. The minimum Gasteiger partial charge on any atom is -0.497 e. The zero-order valence-electron chi connectivity index (χ0n) is 13.7. The lowest BCUT2D eigenvalue weighted by Gasteiger charge is -2.08. The van der Waals surface area contributed by atoms with Crippen molar-refractivity contribution in [2.24, 2.45) is 0 Å². The zero-order valence-corrected chi connectivity index (χ0v) is 13.7. The lowest BCUT2D eigenvalue weighted by molar-refractivity contribution is -0.120. The van der Waals surface area contributed by atoms with Crippen molar-refractivity contribution in [3.63, 3.8) is 0 Å². The summed E-state index contributed by atoms with van der Waals surface area (Å²) >= 11 is 0. The number of benzene rings is 2. The molecule has 2 aromatic carbocycles. The first kappa shape index (κ1) is 16.9. The molecule has 122 valence electrons. The van der Waals surface area contributed by atoms with Gasteiger partial charge in [-0.15, -0.1) is 0 Å². The summed E-state index contributed by atoms with van der Waals surface area (Å²) in [6.45, 7) is 3.07. The summed E-state index contributed by atoms with van der Waals surface area (Å²) < 4.78 is 10.7. The van der Waals surface area contributed by atoms with E-state index in [9.17, 15) is 4.79 Å². The van der Waals surface area contributed by atoms with E-state index in [-0.39, 0.29) is 5.91 Å². The van der Waals surface area contributed by atoms with Gasteiger partial charge < -0.3 is 14.8 Å². The Hall–Kier alpha value is -2.49. The van der Waals surface area contributed by atoms with Crippen LogP contribution in [0.4, 0.5) is 0 Å². The van der Waals surface area contributed by atoms with Crippen molar-refractivity contribution in [3.05, 3.63) is 59.7 Å². The number of carbonyl (C=O) groups is 1. The lowest BCUT2D eigenvalue weighted by atomic mass is 10.1. The van der Waals surface area contributed by atoms with Crippen molar-refractivity contribution in [1.82, 2.24) is 5.32 Å². The molecule has 0 heterocycles. The van der Waals surface area contributed by atoms with Crippen molar-refractivity contribution in [3.8, 4) is 11.5 Å². The van der Waals surface area contributed by atoms with E-state index in [1.807, 2.05) is 36.4 Å². The number of rotatable bonds is 8. The highest BCUT2D eigenvalue weighted by molar-refractivity contribution is 5.78. The van der Waals surface area contributed by atoms with E-state index in [4.69, 9.17) is 9.47 Å². The first-order chi connectivity index (χ1) is 11.2. The minimum atomic E-state index is -0.0138. The van der Waals surface area contributed by atoms with Gasteiger partial charge in [0.05, 0.1) is 20.1 Å². The van der Waals surface area contributed by atoms with Crippen molar-refractivity contribution in [2.75, 3.05) is 20.3 Å². The van der Waals surface area contributed by atoms with Gasteiger partial charge in [0.2, 0.25) is 5.91 Å². The van der Waals surface area contributed by atoms with Crippen molar-refractivity contribution >= 4 is 5.91 Å². The van der Waals surface area contributed by atoms with Crippen molar-refractivity contribution < 1.29 is 14.3 Å². The van der Waals surface area contributed by atoms with Gasteiger partial charge in [-0.2, -0.15) is 0 Å². The summed E-state index contributed by atoms with van der Waals surface area (Å²) in [6.07, 6.45) is 1.37. The Morgan fingerprint density at radius 2 is 1.57 bits per heavy atom. The normalized spacial score (nSPS) is 10.2. The fourth-order valence-electron chi connectivity index (χ4n) is 2.17. The summed E-state index contributed by atoms with van der Waals surface area (Å²) in [4.78, 5) is 11.9. The van der Waals surface area contributed by atoms with Gasteiger partial charge in [-0.05, 0) is 41.8 Å². The Kier molecular flexibility index (Phi) is 6.48. The number of methoxy groups -OCH3 is 1. The number of ether oxygens (including phenoxy) is 2.